The summed E-state index contributed by atoms with van der Waals surface area (Å²) in [7, 11) is 0. The molecular weight excluding hydrogens is 543 g/mol. The number of hydrogen-bond donors (Lipinski definition) is 0. The molecule has 2 aromatic rings. The highest BCUT2D eigenvalue weighted by Crippen LogP contribution is 2.40. The molecule has 0 N–H and O–H groups in total. The molecule has 1 aliphatic heterocycles. The first-order valence-corrected chi connectivity index (χ1v) is 13.7. The molecule has 0 amide bonds. The van der Waals surface area contributed by atoms with Crippen molar-refractivity contribution in [3.8, 4) is 5.75 Å². The minimum absolute atomic E-state index is 0.206. The van der Waals surface area contributed by atoms with Gasteiger partial charge in [-0.05, 0) is 35.7 Å². The van der Waals surface area contributed by atoms with Crippen LogP contribution in [0.25, 0.3) is 0 Å². The fraction of sp³-hybridized carbons (Fsp3) is 0.448. The number of ether oxygens (including phenoxy) is 5. The van der Waals surface area contributed by atoms with Gasteiger partial charge in [0.25, 0.3) is 0 Å². The summed E-state index contributed by atoms with van der Waals surface area (Å²) in [6.07, 6.45) is -2.38. The van der Waals surface area contributed by atoms with Gasteiger partial charge in [0, 0.05) is 39.7 Å². The lowest BCUT2D eigenvalue weighted by Gasteiger charge is -2.43. The molecule has 0 aliphatic carbocycles. The Labute approximate surface area is 236 Å². The Bertz CT molecular complexity index is 1220. The summed E-state index contributed by atoms with van der Waals surface area (Å²) in [4.78, 5) is 47.7. The van der Waals surface area contributed by atoms with Crippen LogP contribution in [0.2, 0.25) is 0 Å². The smallest absolute Gasteiger partial charge is 0.303 e. The zero-order valence-electron chi connectivity index (χ0n) is 23.0. The van der Waals surface area contributed by atoms with E-state index in [1.807, 2.05) is 24.3 Å². The summed E-state index contributed by atoms with van der Waals surface area (Å²) in [5, 5.41) is -0.751. The lowest BCUT2D eigenvalue weighted by Crippen LogP contribution is -2.59. The molecule has 1 aliphatic rings. The van der Waals surface area contributed by atoms with Crippen molar-refractivity contribution in [2.24, 2.45) is 0 Å². The number of rotatable bonds is 10. The van der Waals surface area contributed by atoms with Crippen LogP contribution < -0.4 is 4.74 Å². The first-order valence-electron chi connectivity index (χ1n) is 12.8. The second-order valence-electron chi connectivity index (χ2n) is 9.28. The maximum Gasteiger partial charge on any atom is 0.303 e. The average molecular weight is 577 g/mol. The summed E-state index contributed by atoms with van der Waals surface area (Å²) in [5.74, 6) is -2.79. The second kappa shape index (κ2) is 14.2. The van der Waals surface area contributed by atoms with E-state index in [9.17, 15) is 23.6 Å². The van der Waals surface area contributed by atoms with Gasteiger partial charge in [0.15, 0.2) is 23.7 Å². The Morgan fingerprint density at radius 3 is 1.93 bits per heavy atom. The number of aryl methyl sites for hydroxylation is 1. The number of halogens is 1. The quantitative estimate of drug-likeness (QED) is 0.302. The molecule has 2 aromatic carbocycles. The molecule has 0 unspecified atom stereocenters. The van der Waals surface area contributed by atoms with Crippen LogP contribution in [0.15, 0.2) is 42.5 Å². The molecule has 1 fully saturated rings. The van der Waals surface area contributed by atoms with Crippen LogP contribution in [0.4, 0.5) is 4.39 Å². The van der Waals surface area contributed by atoms with Crippen LogP contribution in [0.3, 0.4) is 0 Å². The SMILES string of the molecule is CCc1ccc(Cc2cc(F)ccc2O[C@H]2S[C@@H](COC(C)=O)[C@@H](OC(C)=O)[C@H](OC(C)=O)[C@H]2OC(C)=O)cc1. The zero-order chi connectivity index (χ0) is 29.4. The lowest BCUT2D eigenvalue weighted by molar-refractivity contribution is -0.190. The van der Waals surface area contributed by atoms with Crippen LogP contribution in [0, 0.1) is 5.82 Å². The lowest BCUT2D eigenvalue weighted by atomic mass is 10.0. The summed E-state index contributed by atoms with van der Waals surface area (Å²) in [5.41, 5.74) is 1.63. The molecule has 1 heterocycles. The van der Waals surface area contributed by atoms with Gasteiger partial charge in [0.05, 0.1) is 5.25 Å². The van der Waals surface area contributed by atoms with Gasteiger partial charge in [-0.15, -0.1) is 11.8 Å². The summed E-state index contributed by atoms with van der Waals surface area (Å²) in [6.45, 7) is 6.60. The summed E-state index contributed by atoms with van der Waals surface area (Å²) in [6, 6.07) is 12.0. The molecule has 0 spiro atoms. The fourth-order valence-corrected chi connectivity index (χ4v) is 5.70. The van der Waals surface area contributed by atoms with Crippen molar-refractivity contribution < 1.29 is 47.3 Å². The molecule has 0 aromatic heterocycles. The number of thioether (sulfide) groups is 1. The van der Waals surface area contributed by atoms with Gasteiger partial charge in [0.2, 0.25) is 0 Å². The molecule has 216 valence electrons. The van der Waals surface area contributed by atoms with Gasteiger partial charge in [-0.2, -0.15) is 0 Å². The van der Waals surface area contributed by atoms with Crippen LogP contribution in [0.5, 0.6) is 5.75 Å². The number of carbonyl (C=O) groups excluding carboxylic acids is 4. The first-order chi connectivity index (χ1) is 19.0. The summed E-state index contributed by atoms with van der Waals surface area (Å²) >= 11 is 1.08. The van der Waals surface area contributed by atoms with Gasteiger partial charge >= 0.3 is 23.9 Å². The molecule has 0 saturated carbocycles. The van der Waals surface area contributed by atoms with E-state index in [1.54, 1.807) is 0 Å². The third-order valence-electron chi connectivity index (χ3n) is 6.04. The van der Waals surface area contributed by atoms with E-state index < -0.39 is 58.7 Å². The van der Waals surface area contributed by atoms with E-state index in [-0.39, 0.29) is 6.61 Å². The van der Waals surface area contributed by atoms with Gasteiger partial charge in [-0.3, -0.25) is 19.2 Å². The number of esters is 4. The predicted octanol–water partition coefficient (Wildman–Crippen LogP) is 4.16. The van der Waals surface area contributed by atoms with Crippen molar-refractivity contribution in [3.63, 3.8) is 0 Å². The molecule has 0 bridgehead atoms. The Morgan fingerprint density at radius 2 is 1.35 bits per heavy atom. The largest absolute Gasteiger partial charge is 0.475 e. The maximum absolute atomic E-state index is 14.3. The highest BCUT2D eigenvalue weighted by atomic mass is 32.2. The second-order valence-corrected chi connectivity index (χ2v) is 10.6. The third-order valence-corrected chi connectivity index (χ3v) is 7.43. The Balaban J connectivity index is 2.01. The molecule has 3 rings (SSSR count). The molecule has 1 saturated heterocycles. The van der Waals surface area contributed by atoms with Gasteiger partial charge in [-0.1, -0.05) is 31.2 Å². The fourth-order valence-electron chi connectivity index (χ4n) is 4.32. The molecule has 40 heavy (non-hydrogen) atoms. The Kier molecular flexibility index (Phi) is 10.9. The van der Waals surface area contributed by atoms with E-state index in [2.05, 4.69) is 6.92 Å². The van der Waals surface area contributed by atoms with Crippen molar-refractivity contribution in [1.29, 1.82) is 0 Å². The normalized spacial score (nSPS) is 22.1. The monoisotopic (exact) mass is 576 g/mol. The third kappa shape index (κ3) is 8.70. The topological polar surface area (TPSA) is 114 Å². The minimum atomic E-state index is -1.28. The highest BCUT2D eigenvalue weighted by Gasteiger charge is 2.53. The standard InChI is InChI=1S/C29H33FO9S/c1-6-20-7-9-21(10-8-20)13-22-14-23(30)11-12-24(22)39-29-28(38-19(5)34)27(37-18(4)33)26(36-17(3)32)25(40-29)15-35-16(2)31/h7-12,14,25-29H,6,13,15H2,1-5H3/t25-,26+,27-,28+,29-/m0/s1. The van der Waals surface area contributed by atoms with E-state index in [4.69, 9.17) is 23.7 Å². The van der Waals surface area contributed by atoms with Crippen LogP contribution in [0.1, 0.15) is 51.3 Å². The molecule has 11 heteroatoms. The van der Waals surface area contributed by atoms with Crippen LogP contribution >= 0.6 is 11.8 Å². The van der Waals surface area contributed by atoms with Crippen molar-refractivity contribution >= 4 is 35.6 Å². The van der Waals surface area contributed by atoms with Crippen LogP contribution in [-0.2, 0) is 51.0 Å². The molecular formula is C29H33FO9S. The summed E-state index contributed by atoms with van der Waals surface area (Å²) < 4.78 is 42.4. The maximum atomic E-state index is 14.3. The van der Waals surface area contributed by atoms with E-state index in [0.717, 1.165) is 30.7 Å². The van der Waals surface area contributed by atoms with Crippen molar-refractivity contribution in [1.82, 2.24) is 0 Å². The molecule has 0 radical (unpaired) electrons. The van der Waals surface area contributed by atoms with Crippen LogP contribution in [-0.4, -0.2) is 59.5 Å². The van der Waals surface area contributed by atoms with Gasteiger partial charge in [0.1, 0.15) is 18.2 Å². The average Bonchev–Trinajstić information content (AvgIpc) is 2.87. The minimum Gasteiger partial charge on any atom is -0.475 e. The number of hydrogen-bond acceptors (Lipinski definition) is 10. The van der Waals surface area contributed by atoms with E-state index in [1.165, 1.54) is 44.5 Å². The highest BCUT2D eigenvalue weighted by molar-refractivity contribution is 8.00. The number of carbonyl (C=O) groups is 4. The van der Waals surface area contributed by atoms with Crippen molar-refractivity contribution in [2.75, 3.05) is 6.61 Å². The zero-order valence-corrected chi connectivity index (χ0v) is 23.8. The van der Waals surface area contributed by atoms with Gasteiger partial charge < -0.3 is 23.7 Å². The molecule has 9 nitrogen and oxygen atoms in total. The first kappa shape index (κ1) is 30.9. The van der Waals surface area contributed by atoms with E-state index >= 15 is 0 Å². The molecule has 5 atom stereocenters. The predicted molar refractivity (Wildman–Crippen MR) is 144 cm³/mol. The van der Waals surface area contributed by atoms with Crippen molar-refractivity contribution in [3.05, 3.63) is 65.0 Å². The Morgan fingerprint density at radius 1 is 0.775 bits per heavy atom. The van der Waals surface area contributed by atoms with Crippen molar-refractivity contribution in [2.45, 2.75) is 76.5 Å². The van der Waals surface area contributed by atoms with Gasteiger partial charge in [-0.25, -0.2) is 4.39 Å². The van der Waals surface area contributed by atoms with E-state index in [0.29, 0.717) is 17.7 Å². The Hall–Kier alpha value is -3.60. The number of benzene rings is 2.